The van der Waals surface area contributed by atoms with Crippen LogP contribution in [0.2, 0.25) is 0 Å². The molecule has 1 rings (SSSR count). The van der Waals surface area contributed by atoms with Gasteiger partial charge in [0.05, 0.1) is 0 Å². The first-order valence-corrected chi connectivity index (χ1v) is 7.61. The molecule has 2 amide bonds. The Labute approximate surface area is 131 Å². The van der Waals surface area contributed by atoms with Crippen molar-refractivity contribution in [3.8, 4) is 0 Å². The number of nitrogens with one attached hydrogen (secondary N) is 2. The zero-order chi connectivity index (χ0) is 16.8. The van der Waals surface area contributed by atoms with Crippen molar-refractivity contribution in [2.45, 2.75) is 46.6 Å². The van der Waals surface area contributed by atoms with E-state index in [9.17, 15) is 14.0 Å². The summed E-state index contributed by atoms with van der Waals surface area (Å²) in [7, 11) is 0. The van der Waals surface area contributed by atoms with E-state index in [2.05, 4.69) is 10.6 Å². The van der Waals surface area contributed by atoms with Crippen molar-refractivity contribution in [3.63, 3.8) is 0 Å². The number of hydrogen-bond donors (Lipinski definition) is 2. The molecule has 22 heavy (non-hydrogen) atoms. The molecule has 0 fully saturated rings. The molecule has 5 heteroatoms. The predicted octanol–water partition coefficient (Wildman–Crippen LogP) is 2.43. The van der Waals surface area contributed by atoms with Gasteiger partial charge in [-0.3, -0.25) is 9.59 Å². The van der Waals surface area contributed by atoms with Crippen molar-refractivity contribution in [1.29, 1.82) is 0 Å². The molecule has 1 atom stereocenters. The number of halogens is 1. The van der Waals surface area contributed by atoms with E-state index < -0.39 is 5.41 Å². The lowest BCUT2D eigenvalue weighted by atomic mass is 9.90. The summed E-state index contributed by atoms with van der Waals surface area (Å²) in [5, 5.41) is 5.51. The van der Waals surface area contributed by atoms with Gasteiger partial charge in [-0.25, -0.2) is 4.39 Å². The Hall–Kier alpha value is -1.91. The number of carbonyl (C=O) groups is 2. The van der Waals surface area contributed by atoms with Crippen LogP contribution in [0.3, 0.4) is 0 Å². The zero-order valence-electron chi connectivity index (χ0n) is 13.7. The molecule has 4 nitrogen and oxygen atoms in total. The summed E-state index contributed by atoms with van der Waals surface area (Å²) in [4.78, 5) is 24.3. The average Bonchev–Trinajstić information content (AvgIpc) is 2.48. The van der Waals surface area contributed by atoms with Crippen LogP contribution in [0.1, 0.15) is 39.7 Å². The molecule has 0 aromatic heterocycles. The molecule has 0 bridgehead atoms. The lowest BCUT2D eigenvalue weighted by Gasteiger charge is -2.24. The second-order valence-corrected chi connectivity index (χ2v) is 6.01. The van der Waals surface area contributed by atoms with Gasteiger partial charge >= 0.3 is 0 Å². The molecule has 0 aliphatic rings. The minimum Gasteiger partial charge on any atom is -0.355 e. The average molecular weight is 308 g/mol. The van der Waals surface area contributed by atoms with E-state index in [0.29, 0.717) is 18.5 Å². The van der Waals surface area contributed by atoms with Crippen LogP contribution in [0.5, 0.6) is 0 Å². The number of amides is 2. The molecule has 1 aromatic carbocycles. The quantitative estimate of drug-likeness (QED) is 0.760. The molecule has 0 aliphatic carbocycles. The molecule has 0 saturated heterocycles. The Morgan fingerprint density at radius 2 is 1.86 bits per heavy atom. The van der Waals surface area contributed by atoms with Crippen molar-refractivity contribution < 1.29 is 14.0 Å². The van der Waals surface area contributed by atoms with Crippen LogP contribution in [0.15, 0.2) is 24.3 Å². The summed E-state index contributed by atoms with van der Waals surface area (Å²) in [6.07, 6.45) is 1.19. The highest BCUT2D eigenvalue weighted by atomic mass is 19.1. The minimum absolute atomic E-state index is 0.0259. The molecule has 122 valence electrons. The molecule has 0 heterocycles. The summed E-state index contributed by atoms with van der Waals surface area (Å²) < 4.78 is 13.5. The molecular formula is C17H25FN2O2. The molecule has 0 spiro atoms. The van der Waals surface area contributed by atoms with E-state index in [4.69, 9.17) is 0 Å². The van der Waals surface area contributed by atoms with Gasteiger partial charge in [-0.1, -0.05) is 25.1 Å². The van der Waals surface area contributed by atoms with E-state index in [0.717, 1.165) is 6.42 Å². The molecule has 0 aliphatic heterocycles. The van der Waals surface area contributed by atoms with Gasteiger partial charge in [-0.2, -0.15) is 0 Å². The standard InChI is InChI=1S/C17H25FN2O2/c1-5-12(2)20-16(22)17(3,4)15(21)19-11-10-13-8-6-7-9-14(13)18/h6-9,12H,5,10-11H2,1-4H3,(H,19,21)(H,20,22). The Morgan fingerprint density at radius 3 is 2.45 bits per heavy atom. The first kappa shape index (κ1) is 18.1. The summed E-state index contributed by atoms with van der Waals surface area (Å²) in [5.74, 6) is -0.944. The van der Waals surface area contributed by atoms with Crippen molar-refractivity contribution >= 4 is 11.8 Å². The van der Waals surface area contributed by atoms with E-state index in [-0.39, 0.29) is 23.7 Å². The summed E-state index contributed by atoms with van der Waals surface area (Å²) in [6, 6.07) is 6.48. The van der Waals surface area contributed by atoms with Crippen molar-refractivity contribution in [2.75, 3.05) is 6.54 Å². The van der Waals surface area contributed by atoms with E-state index in [1.54, 1.807) is 32.0 Å². The van der Waals surface area contributed by atoms with Crippen LogP contribution in [0, 0.1) is 11.2 Å². The van der Waals surface area contributed by atoms with Crippen LogP contribution in [-0.2, 0) is 16.0 Å². The maximum absolute atomic E-state index is 13.5. The van der Waals surface area contributed by atoms with Gasteiger partial charge in [0, 0.05) is 12.6 Å². The third-order valence-electron chi connectivity index (χ3n) is 3.76. The zero-order valence-corrected chi connectivity index (χ0v) is 13.7. The SMILES string of the molecule is CCC(C)NC(=O)C(C)(C)C(=O)NCCc1ccccc1F. The number of benzene rings is 1. The van der Waals surface area contributed by atoms with Crippen LogP contribution >= 0.6 is 0 Å². The highest BCUT2D eigenvalue weighted by molar-refractivity contribution is 6.04. The topological polar surface area (TPSA) is 58.2 Å². The Bertz CT molecular complexity index is 529. The fraction of sp³-hybridized carbons (Fsp3) is 0.529. The van der Waals surface area contributed by atoms with E-state index >= 15 is 0 Å². The van der Waals surface area contributed by atoms with Gasteiger partial charge in [-0.05, 0) is 45.2 Å². The Kier molecular flexibility index (Phi) is 6.53. The smallest absolute Gasteiger partial charge is 0.235 e. The second kappa shape index (κ2) is 7.92. The van der Waals surface area contributed by atoms with Crippen LogP contribution < -0.4 is 10.6 Å². The van der Waals surface area contributed by atoms with E-state index in [1.165, 1.54) is 6.07 Å². The molecule has 0 saturated carbocycles. The molecule has 1 aromatic rings. The van der Waals surface area contributed by atoms with Gasteiger partial charge < -0.3 is 10.6 Å². The summed E-state index contributed by atoms with van der Waals surface area (Å²) in [6.45, 7) is 7.32. The molecular weight excluding hydrogens is 283 g/mol. The third-order valence-corrected chi connectivity index (χ3v) is 3.76. The Morgan fingerprint density at radius 1 is 1.23 bits per heavy atom. The van der Waals surface area contributed by atoms with Crippen LogP contribution in [0.4, 0.5) is 4.39 Å². The number of hydrogen-bond acceptors (Lipinski definition) is 2. The van der Waals surface area contributed by atoms with Gasteiger partial charge in [0.15, 0.2) is 0 Å². The van der Waals surface area contributed by atoms with Crippen molar-refractivity contribution in [3.05, 3.63) is 35.6 Å². The predicted molar refractivity (Wildman–Crippen MR) is 84.8 cm³/mol. The first-order chi connectivity index (χ1) is 10.3. The number of carbonyl (C=O) groups excluding carboxylic acids is 2. The van der Waals surface area contributed by atoms with Gasteiger partial charge in [0.2, 0.25) is 11.8 Å². The van der Waals surface area contributed by atoms with Crippen LogP contribution in [0.25, 0.3) is 0 Å². The normalized spacial score (nSPS) is 12.6. The van der Waals surface area contributed by atoms with Crippen molar-refractivity contribution in [1.82, 2.24) is 10.6 Å². The number of rotatable bonds is 7. The minimum atomic E-state index is -1.15. The van der Waals surface area contributed by atoms with Gasteiger partial charge in [0.1, 0.15) is 11.2 Å². The first-order valence-electron chi connectivity index (χ1n) is 7.61. The third kappa shape index (κ3) is 4.83. The second-order valence-electron chi connectivity index (χ2n) is 6.01. The van der Waals surface area contributed by atoms with E-state index in [1.807, 2.05) is 13.8 Å². The van der Waals surface area contributed by atoms with Crippen LogP contribution in [-0.4, -0.2) is 24.4 Å². The fourth-order valence-electron chi connectivity index (χ4n) is 1.84. The molecule has 2 N–H and O–H groups in total. The summed E-state index contributed by atoms with van der Waals surface area (Å²) in [5.41, 5.74) is -0.608. The van der Waals surface area contributed by atoms with Gasteiger partial charge in [-0.15, -0.1) is 0 Å². The molecule has 0 radical (unpaired) electrons. The van der Waals surface area contributed by atoms with Gasteiger partial charge in [0.25, 0.3) is 0 Å². The Balaban J connectivity index is 2.53. The lowest BCUT2D eigenvalue weighted by molar-refractivity contribution is -0.141. The monoisotopic (exact) mass is 308 g/mol. The summed E-state index contributed by atoms with van der Waals surface area (Å²) >= 11 is 0. The van der Waals surface area contributed by atoms with Crippen molar-refractivity contribution in [2.24, 2.45) is 5.41 Å². The molecule has 1 unspecified atom stereocenters. The maximum Gasteiger partial charge on any atom is 0.235 e. The highest BCUT2D eigenvalue weighted by Crippen LogP contribution is 2.16. The fourth-order valence-corrected chi connectivity index (χ4v) is 1.84. The highest BCUT2D eigenvalue weighted by Gasteiger charge is 2.36. The maximum atomic E-state index is 13.5. The largest absolute Gasteiger partial charge is 0.355 e. The lowest BCUT2D eigenvalue weighted by Crippen LogP contribution is -2.50.